The first-order chi connectivity index (χ1) is 5.75. The highest BCUT2D eigenvalue weighted by Crippen LogP contribution is 2.26. The van der Waals surface area contributed by atoms with Gasteiger partial charge < -0.3 is 4.74 Å². The first-order valence-electron chi connectivity index (χ1n) is 4.29. The maximum Gasteiger partial charge on any atom is 0.158 e. The Morgan fingerprint density at radius 2 is 2.33 bits per heavy atom. The van der Waals surface area contributed by atoms with Crippen LogP contribution in [0.2, 0.25) is 0 Å². The summed E-state index contributed by atoms with van der Waals surface area (Å²) in [5, 5.41) is 3.22. The lowest BCUT2D eigenvalue weighted by atomic mass is 9.88. The molecule has 0 aromatic carbocycles. The van der Waals surface area contributed by atoms with Crippen molar-refractivity contribution in [1.82, 2.24) is 5.32 Å². The molecule has 0 aliphatic carbocycles. The van der Waals surface area contributed by atoms with E-state index in [1.54, 1.807) is 0 Å². The molecule has 2 saturated heterocycles. The first kappa shape index (κ1) is 7.95. The van der Waals surface area contributed by atoms with Gasteiger partial charge in [0.2, 0.25) is 0 Å². The normalized spacial score (nSPS) is 36.3. The number of Topliss-reactive ketones (excluding diaryl/α,β-unsaturated/α-hetero) is 1. The lowest BCUT2D eigenvalue weighted by Crippen LogP contribution is -2.48. The van der Waals surface area contributed by atoms with Crippen molar-refractivity contribution in [2.45, 2.75) is 19.1 Å². The fraction of sp³-hybridized carbons (Fsp3) is 0.667. The van der Waals surface area contributed by atoms with Crippen molar-refractivity contribution in [3.8, 4) is 0 Å². The summed E-state index contributed by atoms with van der Waals surface area (Å²) in [6.45, 7) is 5.01. The molecule has 2 unspecified atom stereocenters. The van der Waals surface area contributed by atoms with E-state index in [2.05, 4.69) is 11.9 Å². The quantitative estimate of drug-likeness (QED) is 0.533. The van der Waals surface area contributed by atoms with Gasteiger partial charge in [-0.1, -0.05) is 12.2 Å². The maximum absolute atomic E-state index is 11.0. The van der Waals surface area contributed by atoms with E-state index in [1.165, 1.54) is 5.57 Å². The summed E-state index contributed by atoms with van der Waals surface area (Å²) >= 11 is 0. The molecule has 0 aromatic heterocycles. The zero-order valence-electron chi connectivity index (χ0n) is 7.01. The van der Waals surface area contributed by atoms with Crippen molar-refractivity contribution in [2.75, 3.05) is 13.2 Å². The van der Waals surface area contributed by atoms with Crippen LogP contribution in [0.15, 0.2) is 12.2 Å². The number of hydrogen-bond acceptors (Lipinski definition) is 3. The number of fused-ring (bicyclic) bond motifs is 1. The van der Waals surface area contributed by atoms with Crippen LogP contribution in [0.3, 0.4) is 0 Å². The van der Waals surface area contributed by atoms with Gasteiger partial charge in [-0.15, -0.1) is 0 Å². The molecule has 0 aromatic rings. The molecule has 0 radical (unpaired) electrons. The number of ether oxygens (including phenoxy) is 1. The molecule has 2 atom stereocenters. The molecule has 2 aliphatic rings. The molecule has 0 bridgehead atoms. The van der Waals surface area contributed by atoms with Crippen LogP contribution < -0.4 is 5.32 Å². The molecule has 0 amide bonds. The molecule has 3 heteroatoms. The number of piperidine rings is 1. The number of rotatable bonds is 0. The molecular formula is C9H13NO2. The van der Waals surface area contributed by atoms with E-state index in [0.717, 1.165) is 13.0 Å². The minimum absolute atomic E-state index is 0.0909. The van der Waals surface area contributed by atoms with Crippen LogP contribution in [-0.4, -0.2) is 25.2 Å². The molecule has 2 aliphatic heterocycles. The summed E-state index contributed by atoms with van der Waals surface area (Å²) in [6, 6.07) is 0. The minimum atomic E-state index is 0.0909. The fourth-order valence-electron chi connectivity index (χ4n) is 1.87. The Labute approximate surface area is 71.8 Å². The standard InChI is InChI=1S/C9H13NO2/c1-6-2-7-3-8(11)5-12-9(7)10-4-6/h7,9-10H,1-5H2. The molecule has 0 saturated carbocycles. The molecule has 1 N–H and O–H groups in total. The van der Waals surface area contributed by atoms with Crippen molar-refractivity contribution in [2.24, 2.45) is 5.92 Å². The van der Waals surface area contributed by atoms with Gasteiger partial charge in [0.25, 0.3) is 0 Å². The molecule has 66 valence electrons. The SMILES string of the molecule is C=C1CNC2OCC(=O)CC2C1. The highest BCUT2D eigenvalue weighted by Gasteiger charge is 2.32. The lowest BCUT2D eigenvalue weighted by molar-refractivity contribution is -0.139. The summed E-state index contributed by atoms with van der Waals surface area (Å²) in [5.74, 6) is 0.542. The van der Waals surface area contributed by atoms with Crippen LogP contribution in [0.25, 0.3) is 0 Å². The highest BCUT2D eigenvalue weighted by molar-refractivity contribution is 5.80. The minimum Gasteiger partial charge on any atom is -0.355 e. The molecule has 12 heavy (non-hydrogen) atoms. The summed E-state index contributed by atoms with van der Waals surface area (Å²) in [4.78, 5) is 11.0. The van der Waals surface area contributed by atoms with Crippen LogP contribution in [0.1, 0.15) is 12.8 Å². The summed E-state index contributed by atoms with van der Waals surface area (Å²) in [6.07, 6.45) is 1.67. The zero-order chi connectivity index (χ0) is 8.55. The van der Waals surface area contributed by atoms with Crippen molar-refractivity contribution >= 4 is 5.78 Å². The van der Waals surface area contributed by atoms with Gasteiger partial charge in [0, 0.05) is 18.9 Å². The molecule has 2 rings (SSSR count). The number of carbonyl (C=O) groups excluding carboxylic acids is 1. The Morgan fingerprint density at radius 1 is 1.50 bits per heavy atom. The Kier molecular flexibility index (Phi) is 1.98. The van der Waals surface area contributed by atoms with E-state index in [9.17, 15) is 4.79 Å². The second-order valence-electron chi connectivity index (χ2n) is 3.57. The van der Waals surface area contributed by atoms with Crippen molar-refractivity contribution in [3.63, 3.8) is 0 Å². The number of hydrogen-bond donors (Lipinski definition) is 1. The first-order valence-corrected chi connectivity index (χ1v) is 4.29. The van der Waals surface area contributed by atoms with Gasteiger partial charge in [0.05, 0.1) is 0 Å². The number of carbonyl (C=O) groups is 1. The van der Waals surface area contributed by atoms with Crippen molar-refractivity contribution < 1.29 is 9.53 Å². The summed E-state index contributed by atoms with van der Waals surface area (Å²) in [7, 11) is 0. The fourth-order valence-corrected chi connectivity index (χ4v) is 1.87. The molecule has 2 fully saturated rings. The third-order valence-electron chi connectivity index (χ3n) is 2.45. The van der Waals surface area contributed by atoms with E-state index in [1.807, 2.05) is 0 Å². The van der Waals surface area contributed by atoms with E-state index in [4.69, 9.17) is 4.74 Å². The van der Waals surface area contributed by atoms with Crippen LogP contribution in [0.4, 0.5) is 0 Å². The lowest BCUT2D eigenvalue weighted by Gasteiger charge is -2.36. The van der Waals surface area contributed by atoms with Crippen molar-refractivity contribution in [3.05, 3.63) is 12.2 Å². The Balaban J connectivity index is 2.03. The van der Waals surface area contributed by atoms with Gasteiger partial charge in [-0.25, -0.2) is 0 Å². The predicted molar refractivity (Wildman–Crippen MR) is 44.6 cm³/mol. The number of nitrogens with one attached hydrogen (secondary N) is 1. The van der Waals surface area contributed by atoms with Gasteiger partial charge in [-0.2, -0.15) is 0 Å². The van der Waals surface area contributed by atoms with Crippen LogP contribution in [-0.2, 0) is 9.53 Å². The third kappa shape index (κ3) is 1.42. The van der Waals surface area contributed by atoms with Gasteiger partial charge in [0.1, 0.15) is 12.8 Å². The van der Waals surface area contributed by atoms with Crippen LogP contribution >= 0.6 is 0 Å². The van der Waals surface area contributed by atoms with E-state index >= 15 is 0 Å². The van der Waals surface area contributed by atoms with Gasteiger partial charge in [-0.3, -0.25) is 10.1 Å². The van der Waals surface area contributed by atoms with Crippen LogP contribution in [0, 0.1) is 5.92 Å². The smallest absolute Gasteiger partial charge is 0.158 e. The average molecular weight is 167 g/mol. The highest BCUT2D eigenvalue weighted by atomic mass is 16.5. The van der Waals surface area contributed by atoms with Gasteiger partial charge >= 0.3 is 0 Å². The van der Waals surface area contributed by atoms with Crippen molar-refractivity contribution in [1.29, 1.82) is 0 Å². The van der Waals surface area contributed by atoms with E-state index in [0.29, 0.717) is 12.3 Å². The largest absolute Gasteiger partial charge is 0.355 e. The number of ketones is 1. The monoisotopic (exact) mass is 167 g/mol. The third-order valence-corrected chi connectivity index (χ3v) is 2.45. The molecular weight excluding hydrogens is 154 g/mol. The predicted octanol–water partition coefficient (Wildman–Crippen LogP) is 0.468. The van der Waals surface area contributed by atoms with E-state index < -0.39 is 0 Å². The molecule has 3 nitrogen and oxygen atoms in total. The topological polar surface area (TPSA) is 38.3 Å². The second-order valence-corrected chi connectivity index (χ2v) is 3.57. The zero-order valence-corrected chi connectivity index (χ0v) is 7.01. The van der Waals surface area contributed by atoms with Crippen LogP contribution in [0.5, 0.6) is 0 Å². The Hall–Kier alpha value is -0.670. The summed E-state index contributed by atoms with van der Waals surface area (Å²) < 4.78 is 5.34. The second kappa shape index (κ2) is 2.99. The Bertz CT molecular complexity index is 203. The molecule has 2 heterocycles. The maximum atomic E-state index is 11.0. The summed E-state index contributed by atoms with van der Waals surface area (Å²) in [5.41, 5.74) is 1.18. The molecule has 0 spiro atoms. The Morgan fingerprint density at radius 3 is 3.17 bits per heavy atom. The van der Waals surface area contributed by atoms with E-state index in [-0.39, 0.29) is 18.6 Å². The van der Waals surface area contributed by atoms with Gasteiger partial charge in [-0.05, 0) is 6.42 Å². The average Bonchev–Trinajstić information content (AvgIpc) is 2.03. The van der Waals surface area contributed by atoms with Gasteiger partial charge in [0.15, 0.2) is 5.78 Å².